The fraction of sp³-hybridized carbons (Fsp3) is 0.691. The smallest absolute Gasteiger partial charge is 0.748 e. The molecular weight excluding hydrogens is 1850 g/mol. The summed E-state index contributed by atoms with van der Waals surface area (Å²) >= 11 is 11.2. The van der Waals surface area contributed by atoms with E-state index in [1.807, 2.05) is 89.2 Å². The number of aliphatic hydroxyl groups excluding tert-OH is 2. The van der Waals surface area contributed by atoms with Gasteiger partial charge in [-0.05, 0) is 199 Å². The third-order valence-corrected chi connectivity index (χ3v) is 27.8. The predicted molar refractivity (Wildman–Crippen MR) is 540 cm³/mol. The van der Waals surface area contributed by atoms with Crippen LogP contribution in [0.1, 0.15) is 296 Å². The molecule has 1 amide bonds. The minimum Gasteiger partial charge on any atom is -0.748 e. The number of aromatic amines is 1. The van der Waals surface area contributed by atoms with Crippen molar-refractivity contribution in [3.05, 3.63) is 125 Å². The molecule has 2 aromatic heterocycles. The molecule has 748 valence electrons. The molecule has 1 fully saturated rings. The van der Waals surface area contributed by atoms with E-state index in [1.54, 1.807) is 29.4 Å². The van der Waals surface area contributed by atoms with Crippen molar-refractivity contribution in [2.45, 2.75) is 362 Å². The number of aromatic nitrogens is 4. The number of esters is 2. The number of amides is 1. The van der Waals surface area contributed by atoms with Gasteiger partial charge in [0.05, 0.1) is 68.4 Å². The van der Waals surface area contributed by atoms with Gasteiger partial charge in [-0.2, -0.15) is 23.0 Å². The zero-order valence-electron chi connectivity index (χ0n) is 80.8. The fourth-order valence-electron chi connectivity index (χ4n) is 11.5. The zero-order valence-corrected chi connectivity index (χ0v) is 93.9. The van der Waals surface area contributed by atoms with Gasteiger partial charge in [0.15, 0.2) is 16.6 Å². The van der Waals surface area contributed by atoms with Gasteiger partial charge in [-0.3, -0.25) is 19.7 Å². The summed E-state index contributed by atoms with van der Waals surface area (Å²) in [5, 5.41) is 44.9. The minimum atomic E-state index is -4.19. The van der Waals surface area contributed by atoms with Crippen molar-refractivity contribution in [3.8, 4) is 11.5 Å². The van der Waals surface area contributed by atoms with Crippen LogP contribution in [0.4, 0.5) is 16.4 Å². The third kappa shape index (κ3) is 99.3. The van der Waals surface area contributed by atoms with Crippen LogP contribution in [-0.2, 0) is 88.0 Å². The quantitative estimate of drug-likeness (QED) is 0.00268. The maximum atomic E-state index is 12.0. The van der Waals surface area contributed by atoms with Gasteiger partial charge in [0.1, 0.15) is 30.0 Å². The van der Waals surface area contributed by atoms with Gasteiger partial charge in [0, 0.05) is 41.3 Å². The van der Waals surface area contributed by atoms with Gasteiger partial charge in [-0.1, -0.05) is 277 Å². The summed E-state index contributed by atoms with van der Waals surface area (Å²) in [6.07, 6.45) is 37.7. The molecule has 5 aromatic rings. The number of unbranched alkanes of at least 4 members (excludes halogenated alkanes) is 19. The molecule has 4 N–H and O–H groups in total. The molecular formula is C94H177N6Na3O20S5Si3. The number of hydrogen-bond acceptors (Lipinski definition) is 27. The van der Waals surface area contributed by atoms with Crippen LogP contribution in [-0.4, -0.2) is 156 Å². The van der Waals surface area contributed by atoms with Crippen LogP contribution >= 0.6 is 36.3 Å². The molecule has 0 spiro atoms. The van der Waals surface area contributed by atoms with E-state index in [-0.39, 0.29) is 169 Å². The number of benzene rings is 3. The van der Waals surface area contributed by atoms with Gasteiger partial charge in [0.2, 0.25) is 10.7 Å². The summed E-state index contributed by atoms with van der Waals surface area (Å²) in [5.41, 5.74) is 4.40. The van der Waals surface area contributed by atoms with Crippen LogP contribution in [0.25, 0.3) is 0 Å². The number of para-hydroxylation sites is 1. The standard InChI is InChI=1S/C19H36O7S.2C17H28O2.C12H16N2O4S.C9H8N4S2.C8H24O2Si3.C3H8.C2H6O3S.C2H6.5CH4.3Na/c1-4-5-6-7-8-9-10-11-13-23-18(20)15-17(27-26-25-22)19(21)24-14-12-16(2)3;2*1-2-3-4-5-6-7-8-9-16-10-12-17(13-11-16)19-15-14-18;15-12(13-6-1-2-7-13)14-8-3-11(4-9-14)5-10-19(16,17)18;14-8-11-7(12-9(15)13-8)10-6-4-2-1-3-5-6;1-11(2,3)9-13(7,8)10-12(4,5)6;1-3-2;1-2-6-5-4-3;1-2;;;;;;;;/h16-17,22H,4-15H2,1-3H3;2*10-13,18H,2-9,14-15H2,1H3;3-4,8-9H,1-2,5-7,10H2;1-5H,(H3,10,11,12,13,14,15);1-8H3;3H2,1-2H3;3H,2H2,1H3;1-2H3;5*1H4;;;/q;;;;;;;;;;;;;;3*+1/p-3. The number of ether oxygens (including phenoxy) is 4. The van der Waals surface area contributed by atoms with Crippen LogP contribution < -0.4 is 119 Å². The number of hydrogen-bond donors (Lipinski definition) is 4. The molecule has 1 atom stereocenters. The van der Waals surface area contributed by atoms with E-state index in [1.165, 1.54) is 144 Å². The zero-order chi connectivity index (χ0) is 92.9. The van der Waals surface area contributed by atoms with Crippen LogP contribution in [0.2, 0.25) is 52.4 Å². The molecule has 37 heteroatoms. The van der Waals surface area contributed by atoms with Crippen LogP contribution in [0.15, 0.2) is 109 Å². The van der Waals surface area contributed by atoms with Crippen molar-refractivity contribution in [2.24, 2.45) is 5.92 Å². The van der Waals surface area contributed by atoms with Gasteiger partial charge in [-0.25, -0.2) is 18.3 Å². The first kappa shape index (κ1) is 152. The number of carbonyl (C=O) groups is 3. The first-order valence-electron chi connectivity index (χ1n) is 44.5. The molecule has 0 bridgehead atoms. The summed E-state index contributed by atoms with van der Waals surface area (Å²) in [5.74, 6) is 1.74. The Balaban J connectivity index is -0.000000143. The summed E-state index contributed by atoms with van der Waals surface area (Å²) in [4.78, 5) is 48.3. The molecule has 0 aliphatic carbocycles. The fourth-order valence-corrected chi connectivity index (χ4v) is 25.3. The Morgan fingerprint density at radius 3 is 1.34 bits per heavy atom. The van der Waals surface area contributed by atoms with Gasteiger partial charge >= 0.3 is 115 Å². The van der Waals surface area contributed by atoms with E-state index in [9.17, 15) is 32.6 Å². The Morgan fingerprint density at radius 2 is 0.977 bits per heavy atom. The largest absolute Gasteiger partial charge is 1.00 e. The second-order valence-corrected chi connectivity index (χ2v) is 48.6. The van der Waals surface area contributed by atoms with E-state index in [4.69, 9.17) is 67.5 Å². The first-order chi connectivity index (χ1) is 58.7. The van der Waals surface area contributed by atoms with E-state index < -0.39 is 58.3 Å². The Morgan fingerprint density at radius 1 is 0.573 bits per heavy atom. The second-order valence-electron chi connectivity index (χ2n) is 31.6. The van der Waals surface area contributed by atoms with Crippen molar-refractivity contribution >= 4 is 114 Å². The average Bonchev–Trinajstić information content (AvgIpc) is 1.82. The number of rotatable bonds is 52. The maximum absolute atomic E-state index is 12.0. The van der Waals surface area contributed by atoms with Gasteiger partial charge in [0.25, 0.3) is 0 Å². The SMILES string of the molecule is C.C.C.C.C.CC.CCC.CCCCCCCCCCOC(=O)CC(SOO[O-])C(=O)OCCC(C)C.CCCCCCCCCc1ccc(OCCO)cc1.CCCCCCCCCc1ccc(OCCO)cc1.CCSOO[O-].C[Si](C)(C)O[Si](C)(C)O[Si](C)(C)C.O=C(N1CCCC1)[n+]1ccc(CCS(=O)(=O)[O-])cc1.S=c1nc([S-])[nH]c(Nc2ccccc2)n1.[Na+].[Na+].[Na+]. The molecule has 1 unspecified atom stereocenters. The summed E-state index contributed by atoms with van der Waals surface area (Å²) < 4.78 is 74.5. The molecule has 0 saturated carbocycles. The molecule has 1 aliphatic rings. The minimum absolute atomic E-state index is 0. The molecule has 6 rings (SSSR count). The summed E-state index contributed by atoms with van der Waals surface area (Å²) in [6, 6.07) is 29.4. The van der Waals surface area contributed by atoms with Crippen molar-refractivity contribution < 1.29 is 187 Å². The Bertz CT molecular complexity index is 3400. The predicted octanol–water partition coefficient (Wildman–Crippen LogP) is 14.8. The number of pyridine rings is 1. The number of aliphatic hydroxyl groups is 2. The third-order valence-electron chi connectivity index (χ3n) is 16.8. The van der Waals surface area contributed by atoms with Crippen LogP contribution in [0, 0.1) is 10.7 Å². The van der Waals surface area contributed by atoms with Crippen LogP contribution in [0.5, 0.6) is 11.5 Å². The van der Waals surface area contributed by atoms with Crippen molar-refractivity contribution in [1.29, 1.82) is 0 Å². The molecule has 1 saturated heterocycles. The summed E-state index contributed by atoms with van der Waals surface area (Å²) in [6.45, 7) is 41.5. The number of nitrogens with one attached hydrogen (secondary N) is 2. The Hall–Kier alpha value is -2.07. The number of likely N-dealkylation sites (tertiary alicyclic amines) is 1. The molecule has 131 heavy (non-hydrogen) atoms. The van der Waals surface area contributed by atoms with Crippen molar-refractivity contribution in [3.63, 3.8) is 0 Å². The number of carbonyl (C=O) groups excluding carboxylic acids is 3. The molecule has 3 heterocycles. The molecule has 0 radical (unpaired) electrons. The number of H-pyrrole nitrogens is 1. The second kappa shape index (κ2) is 101. The molecule has 26 nitrogen and oxygen atoms in total. The maximum Gasteiger partial charge on any atom is 1.00 e. The van der Waals surface area contributed by atoms with E-state index in [2.05, 4.69) is 150 Å². The Kier molecular flexibility index (Phi) is 117. The van der Waals surface area contributed by atoms with Gasteiger partial charge < -0.3 is 75.4 Å². The van der Waals surface area contributed by atoms with Crippen LogP contribution in [0.3, 0.4) is 0 Å². The van der Waals surface area contributed by atoms with Crippen molar-refractivity contribution in [2.75, 3.05) is 69.6 Å². The van der Waals surface area contributed by atoms with Gasteiger partial charge in [-0.15, -0.1) is 0 Å². The average molecular weight is 2030 g/mol. The summed E-state index contributed by atoms with van der Waals surface area (Å²) in [7, 11) is -8.91. The number of nitrogens with zero attached hydrogens (tertiary/aromatic N) is 4. The molecule has 3 aromatic carbocycles. The Labute approximate surface area is 885 Å². The van der Waals surface area contributed by atoms with E-state index in [0.29, 0.717) is 55.3 Å². The number of aryl methyl sites for hydroxylation is 3. The first-order valence-corrected chi connectivity index (χ1v) is 58.2. The number of anilines is 2. The van der Waals surface area contributed by atoms with E-state index in [0.717, 1.165) is 98.6 Å². The normalized spacial score (nSPS) is 11.1. The molecule has 1 aliphatic heterocycles. The topological polar surface area (TPSA) is 348 Å². The van der Waals surface area contributed by atoms with Crippen molar-refractivity contribution in [1.82, 2.24) is 19.9 Å². The van der Waals surface area contributed by atoms with E-state index >= 15 is 0 Å². The monoisotopic (exact) mass is 2020 g/mol.